The van der Waals surface area contributed by atoms with Crippen LogP contribution >= 0.6 is 22.9 Å². The summed E-state index contributed by atoms with van der Waals surface area (Å²) in [6.07, 6.45) is 1.76. The van der Waals surface area contributed by atoms with E-state index in [1.807, 2.05) is 49.6 Å². The Balaban J connectivity index is 1.84. The quantitative estimate of drug-likeness (QED) is 0.555. The Morgan fingerprint density at radius 1 is 1.28 bits per heavy atom. The number of thiophene rings is 1. The first-order valence-corrected chi connectivity index (χ1v) is 10.5. The Kier molecular flexibility index (Phi) is 5.04. The highest BCUT2D eigenvalue weighted by Gasteiger charge is 2.31. The molecule has 8 heteroatoms. The molecule has 1 atom stereocenters. The van der Waals surface area contributed by atoms with E-state index in [0.717, 1.165) is 27.4 Å². The molecule has 3 aromatic rings. The van der Waals surface area contributed by atoms with Crippen LogP contribution in [0, 0.1) is 6.92 Å². The zero-order chi connectivity index (χ0) is 20.8. The minimum absolute atomic E-state index is 0.0844. The Morgan fingerprint density at radius 3 is 2.69 bits per heavy atom. The van der Waals surface area contributed by atoms with Crippen molar-refractivity contribution in [1.29, 1.82) is 0 Å². The molecule has 0 aliphatic carbocycles. The fraction of sp³-hybridized carbons (Fsp3) is 0.333. The van der Waals surface area contributed by atoms with Crippen LogP contribution in [0.3, 0.4) is 0 Å². The van der Waals surface area contributed by atoms with E-state index in [0.29, 0.717) is 10.8 Å². The van der Waals surface area contributed by atoms with Crippen molar-refractivity contribution in [2.45, 2.75) is 45.8 Å². The first kappa shape index (κ1) is 19.8. The van der Waals surface area contributed by atoms with E-state index in [9.17, 15) is 4.79 Å². The van der Waals surface area contributed by atoms with Crippen LogP contribution in [0.1, 0.15) is 55.7 Å². The first-order chi connectivity index (χ1) is 13.7. The number of aliphatic imine (C=N–C) groups is 1. The second kappa shape index (κ2) is 7.39. The van der Waals surface area contributed by atoms with Crippen LogP contribution in [0.4, 0.5) is 0 Å². The molecule has 0 N–H and O–H groups in total. The largest absolute Gasteiger partial charge is 0.460 e. The van der Waals surface area contributed by atoms with Crippen molar-refractivity contribution >= 4 is 34.6 Å². The maximum Gasteiger partial charge on any atom is 0.308 e. The van der Waals surface area contributed by atoms with Gasteiger partial charge in [0.2, 0.25) is 0 Å². The Labute approximate surface area is 178 Å². The van der Waals surface area contributed by atoms with Gasteiger partial charge in [0.1, 0.15) is 23.0 Å². The van der Waals surface area contributed by atoms with E-state index in [1.54, 1.807) is 17.7 Å². The summed E-state index contributed by atoms with van der Waals surface area (Å²) in [5.74, 6) is 0.307. The summed E-state index contributed by atoms with van der Waals surface area (Å²) in [4.78, 5) is 17.6. The third kappa shape index (κ3) is 3.97. The number of fused-ring (bicyclic) bond motifs is 3. The van der Waals surface area contributed by atoms with Gasteiger partial charge in [0, 0.05) is 16.1 Å². The van der Waals surface area contributed by atoms with Crippen molar-refractivity contribution in [3.63, 3.8) is 0 Å². The number of hydrogen-bond acceptors (Lipinski definition) is 6. The summed E-state index contributed by atoms with van der Waals surface area (Å²) in [7, 11) is 0. The first-order valence-electron chi connectivity index (χ1n) is 9.27. The lowest BCUT2D eigenvalue weighted by atomic mass is 10.0. The van der Waals surface area contributed by atoms with Crippen LogP contribution < -0.4 is 0 Å². The van der Waals surface area contributed by atoms with Crippen LogP contribution in [0.2, 0.25) is 5.02 Å². The number of hydrogen-bond donors (Lipinski definition) is 0. The van der Waals surface area contributed by atoms with Gasteiger partial charge in [-0.3, -0.25) is 14.4 Å². The van der Waals surface area contributed by atoms with Crippen molar-refractivity contribution in [1.82, 2.24) is 14.8 Å². The smallest absolute Gasteiger partial charge is 0.308 e. The number of aryl methyl sites for hydroxylation is 1. The molecular formula is C21H21ClN4O2S. The second-order valence-electron chi connectivity index (χ2n) is 7.95. The summed E-state index contributed by atoms with van der Waals surface area (Å²) in [5, 5.41) is 12.1. The SMILES string of the molecule is Cc1csc2c1C(c1ccc(Cl)cc1)=N[C@@H](CC(=O)OC(C)(C)C)c1nncn1-2. The molecular weight excluding hydrogens is 408 g/mol. The van der Waals surface area contributed by atoms with Gasteiger partial charge in [-0.1, -0.05) is 23.7 Å². The van der Waals surface area contributed by atoms with Gasteiger partial charge < -0.3 is 4.74 Å². The zero-order valence-electron chi connectivity index (χ0n) is 16.6. The topological polar surface area (TPSA) is 69.4 Å². The number of rotatable bonds is 3. The normalized spacial score (nSPS) is 15.9. The van der Waals surface area contributed by atoms with Gasteiger partial charge in [-0.25, -0.2) is 0 Å². The molecule has 29 heavy (non-hydrogen) atoms. The third-order valence-electron chi connectivity index (χ3n) is 4.47. The van der Waals surface area contributed by atoms with Crippen molar-refractivity contribution in [3.05, 3.63) is 63.5 Å². The lowest BCUT2D eigenvalue weighted by molar-refractivity contribution is -0.155. The molecule has 1 aromatic carbocycles. The lowest BCUT2D eigenvalue weighted by Crippen LogP contribution is -2.25. The molecule has 2 aromatic heterocycles. The van der Waals surface area contributed by atoms with Gasteiger partial charge in [-0.2, -0.15) is 0 Å². The van der Waals surface area contributed by atoms with Crippen molar-refractivity contribution in [2.75, 3.05) is 0 Å². The molecule has 0 amide bonds. The van der Waals surface area contributed by atoms with Gasteiger partial charge in [-0.05, 0) is 50.8 Å². The number of benzene rings is 1. The minimum atomic E-state index is -0.562. The Morgan fingerprint density at radius 2 is 2.00 bits per heavy atom. The molecule has 0 fully saturated rings. The molecule has 0 unspecified atom stereocenters. The number of nitrogens with zero attached hydrogens (tertiary/aromatic N) is 4. The van der Waals surface area contributed by atoms with Gasteiger partial charge in [0.25, 0.3) is 0 Å². The van der Waals surface area contributed by atoms with Crippen LogP contribution in [0.15, 0.2) is 41.0 Å². The van der Waals surface area contributed by atoms with Crippen LogP contribution in [0.25, 0.3) is 5.00 Å². The molecule has 3 heterocycles. The van der Waals surface area contributed by atoms with Gasteiger partial charge >= 0.3 is 5.97 Å². The van der Waals surface area contributed by atoms with E-state index in [2.05, 4.69) is 22.5 Å². The number of ether oxygens (including phenoxy) is 1. The fourth-order valence-corrected chi connectivity index (χ4v) is 4.47. The molecule has 1 aliphatic heterocycles. The van der Waals surface area contributed by atoms with E-state index in [1.165, 1.54) is 0 Å². The molecule has 6 nitrogen and oxygen atoms in total. The van der Waals surface area contributed by atoms with E-state index < -0.39 is 11.6 Å². The van der Waals surface area contributed by atoms with E-state index in [-0.39, 0.29) is 12.4 Å². The third-order valence-corrected chi connectivity index (χ3v) is 5.81. The highest BCUT2D eigenvalue weighted by molar-refractivity contribution is 7.13. The average Bonchev–Trinajstić information content (AvgIpc) is 3.22. The maximum atomic E-state index is 12.6. The van der Waals surface area contributed by atoms with Gasteiger partial charge in [-0.15, -0.1) is 21.5 Å². The summed E-state index contributed by atoms with van der Waals surface area (Å²) in [6.45, 7) is 7.61. The Hall–Kier alpha value is -2.51. The second-order valence-corrected chi connectivity index (χ2v) is 9.24. The zero-order valence-corrected chi connectivity index (χ0v) is 18.2. The number of esters is 1. The monoisotopic (exact) mass is 428 g/mol. The lowest BCUT2D eigenvalue weighted by Gasteiger charge is -2.20. The minimum Gasteiger partial charge on any atom is -0.460 e. The summed E-state index contributed by atoms with van der Waals surface area (Å²) in [5.41, 5.74) is 3.31. The van der Waals surface area contributed by atoms with E-state index >= 15 is 0 Å². The molecule has 0 radical (unpaired) electrons. The molecule has 0 saturated heterocycles. The molecule has 0 spiro atoms. The van der Waals surface area contributed by atoms with Crippen LogP contribution in [-0.4, -0.2) is 32.0 Å². The molecule has 0 bridgehead atoms. The average molecular weight is 429 g/mol. The number of carbonyl (C=O) groups is 1. The van der Waals surface area contributed by atoms with Crippen LogP contribution in [0.5, 0.6) is 0 Å². The standard InChI is InChI=1S/C21H21ClN4O2S/c1-12-10-29-20-17(12)18(13-5-7-14(22)8-6-13)24-15(19-25-23-11-26(19)20)9-16(27)28-21(2,3)4/h5-8,10-11,15H,9H2,1-4H3/t15-/m0/s1. The molecule has 150 valence electrons. The van der Waals surface area contributed by atoms with Gasteiger partial charge in [0.15, 0.2) is 5.82 Å². The molecule has 0 saturated carbocycles. The molecule has 4 rings (SSSR count). The Bertz CT molecular complexity index is 1090. The highest BCUT2D eigenvalue weighted by atomic mass is 35.5. The predicted molar refractivity (Wildman–Crippen MR) is 114 cm³/mol. The number of halogens is 1. The van der Waals surface area contributed by atoms with Crippen molar-refractivity contribution in [2.24, 2.45) is 4.99 Å². The van der Waals surface area contributed by atoms with E-state index in [4.69, 9.17) is 21.3 Å². The number of aromatic nitrogens is 3. The summed E-state index contributed by atoms with van der Waals surface area (Å²) < 4.78 is 7.46. The van der Waals surface area contributed by atoms with Gasteiger partial charge in [0.05, 0.1) is 12.1 Å². The highest BCUT2D eigenvalue weighted by Crippen LogP contribution is 2.36. The fourth-order valence-electron chi connectivity index (χ4n) is 3.31. The summed E-state index contributed by atoms with van der Waals surface area (Å²) >= 11 is 7.69. The van der Waals surface area contributed by atoms with Crippen LogP contribution in [-0.2, 0) is 9.53 Å². The van der Waals surface area contributed by atoms with Crippen molar-refractivity contribution in [3.8, 4) is 5.00 Å². The maximum absolute atomic E-state index is 12.6. The predicted octanol–water partition coefficient (Wildman–Crippen LogP) is 4.91. The summed E-state index contributed by atoms with van der Waals surface area (Å²) in [6, 6.07) is 7.07. The number of carbonyl (C=O) groups excluding carboxylic acids is 1. The van der Waals surface area contributed by atoms with Crippen molar-refractivity contribution < 1.29 is 9.53 Å². The molecule has 1 aliphatic rings.